The zero-order valence-corrected chi connectivity index (χ0v) is 30.3. The summed E-state index contributed by atoms with van der Waals surface area (Å²) in [5.41, 5.74) is 10.2. The van der Waals surface area contributed by atoms with Gasteiger partial charge in [0.05, 0.1) is 5.69 Å². The second-order valence-corrected chi connectivity index (χ2v) is 14.4. The van der Waals surface area contributed by atoms with Crippen LogP contribution in [-0.2, 0) is 0 Å². The van der Waals surface area contributed by atoms with Crippen molar-refractivity contribution in [2.75, 3.05) is 4.90 Å². The predicted octanol–water partition coefficient (Wildman–Crippen LogP) is 14.2. The van der Waals surface area contributed by atoms with Crippen LogP contribution in [0.25, 0.3) is 69.9 Å². The highest BCUT2D eigenvalue weighted by atomic mass is 32.1. The van der Waals surface area contributed by atoms with Crippen molar-refractivity contribution in [3.63, 3.8) is 0 Å². The highest BCUT2D eigenvalue weighted by Crippen LogP contribution is 2.45. The van der Waals surface area contributed by atoms with Gasteiger partial charge in [-0.2, -0.15) is 0 Å². The molecule has 0 aliphatic carbocycles. The maximum atomic E-state index is 10.7. The topological polar surface area (TPSA) is 36.6 Å². The average molecular weight is 704 g/mol. The van der Waals surface area contributed by atoms with E-state index >= 15 is 0 Å². The van der Waals surface area contributed by atoms with Gasteiger partial charge in [-0.15, -0.1) is 11.3 Å². The summed E-state index contributed by atoms with van der Waals surface area (Å²) in [6, 6.07) is 55.1. The van der Waals surface area contributed by atoms with Crippen molar-refractivity contribution in [1.82, 2.24) is 0 Å². The molecule has 1 atom stereocenters. The lowest BCUT2D eigenvalue weighted by Crippen LogP contribution is -2.27. The maximum absolute atomic E-state index is 10.7. The minimum atomic E-state index is -0.101. The Balaban J connectivity index is 1.26. The number of aromatic hydroxyl groups is 1. The third-order valence-electron chi connectivity index (χ3n) is 10.2. The molecule has 0 saturated carbocycles. The Labute approximate surface area is 313 Å². The SMILES string of the molecule is C/C=C(\C=C/C(C)N(c1ccc2c(c1)oc1ccccc12)c1cc(-c2cccc3c2sc2ccccc23)ccc1-c1ccccc1)c1ccccc1O. The smallest absolute Gasteiger partial charge is 0.137 e. The molecule has 0 amide bonds. The van der Waals surface area contributed by atoms with E-state index in [2.05, 4.69) is 145 Å². The zero-order valence-electron chi connectivity index (χ0n) is 29.5. The first kappa shape index (κ1) is 32.5. The van der Waals surface area contributed by atoms with Gasteiger partial charge in [0.2, 0.25) is 0 Å². The van der Waals surface area contributed by atoms with E-state index in [1.165, 1.54) is 25.7 Å². The van der Waals surface area contributed by atoms with Crippen LogP contribution in [0, 0.1) is 0 Å². The van der Waals surface area contributed by atoms with Gasteiger partial charge in [-0.1, -0.05) is 133 Å². The van der Waals surface area contributed by atoms with Crippen molar-refractivity contribution in [1.29, 1.82) is 0 Å². The van der Waals surface area contributed by atoms with Gasteiger partial charge < -0.3 is 14.4 Å². The van der Waals surface area contributed by atoms with Gasteiger partial charge in [0.1, 0.15) is 16.9 Å². The molecule has 9 rings (SSSR count). The molecular formula is C49H37NO2S. The highest BCUT2D eigenvalue weighted by molar-refractivity contribution is 7.26. The van der Waals surface area contributed by atoms with Gasteiger partial charge in [-0.3, -0.25) is 0 Å². The van der Waals surface area contributed by atoms with Gasteiger partial charge in [0, 0.05) is 59.9 Å². The van der Waals surface area contributed by atoms with E-state index in [0.717, 1.165) is 61.1 Å². The molecule has 0 radical (unpaired) electrons. The van der Waals surface area contributed by atoms with E-state index in [-0.39, 0.29) is 11.8 Å². The largest absolute Gasteiger partial charge is 0.507 e. The van der Waals surface area contributed by atoms with Gasteiger partial charge in [0.25, 0.3) is 0 Å². The molecule has 9 aromatic rings. The number of benzene rings is 7. The van der Waals surface area contributed by atoms with Crippen LogP contribution in [0.1, 0.15) is 19.4 Å². The minimum Gasteiger partial charge on any atom is -0.507 e. The van der Waals surface area contributed by atoms with Crippen molar-refractivity contribution in [2.45, 2.75) is 19.9 Å². The summed E-state index contributed by atoms with van der Waals surface area (Å²) in [6.45, 7) is 4.24. The quantitative estimate of drug-likeness (QED) is 0.160. The second kappa shape index (κ2) is 13.6. The normalized spacial score (nSPS) is 12.8. The summed E-state index contributed by atoms with van der Waals surface area (Å²) in [5.74, 6) is 0.263. The number of phenols is 1. The van der Waals surface area contributed by atoms with E-state index in [4.69, 9.17) is 4.42 Å². The van der Waals surface area contributed by atoms with Crippen LogP contribution in [0.4, 0.5) is 11.4 Å². The molecule has 0 aliphatic heterocycles. The third-order valence-corrected chi connectivity index (χ3v) is 11.4. The van der Waals surface area contributed by atoms with E-state index in [1.807, 2.05) is 54.7 Å². The second-order valence-electron chi connectivity index (χ2n) is 13.4. The number of phenolic OH excluding ortho intramolecular Hbond substituents is 1. The zero-order chi connectivity index (χ0) is 35.9. The lowest BCUT2D eigenvalue weighted by Gasteiger charge is -2.32. The molecule has 0 spiro atoms. The summed E-state index contributed by atoms with van der Waals surface area (Å²) in [5, 5.41) is 15.5. The Hall–Kier alpha value is -6.36. The molecule has 1 N–H and O–H groups in total. The van der Waals surface area contributed by atoms with Crippen molar-refractivity contribution < 1.29 is 9.52 Å². The Morgan fingerprint density at radius 1 is 0.642 bits per heavy atom. The van der Waals surface area contributed by atoms with Crippen LogP contribution < -0.4 is 4.90 Å². The summed E-state index contributed by atoms with van der Waals surface area (Å²) < 4.78 is 9.03. The van der Waals surface area contributed by atoms with Crippen LogP contribution in [0.3, 0.4) is 0 Å². The number of thiophene rings is 1. The molecule has 0 bridgehead atoms. The summed E-state index contributed by atoms with van der Waals surface area (Å²) in [6.07, 6.45) is 6.39. The Morgan fingerprint density at radius 2 is 1.38 bits per heavy atom. The fourth-order valence-electron chi connectivity index (χ4n) is 7.58. The van der Waals surface area contributed by atoms with Crippen LogP contribution in [-0.4, -0.2) is 11.1 Å². The molecule has 1 unspecified atom stereocenters. The molecule has 2 heterocycles. The lowest BCUT2D eigenvalue weighted by molar-refractivity contribution is 0.473. The Morgan fingerprint density at radius 3 is 2.23 bits per heavy atom. The fourth-order valence-corrected chi connectivity index (χ4v) is 8.82. The van der Waals surface area contributed by atoms with Crippen molar-refractivity contribution in [3.05, 3.63) is 182 Å². The summed E-state index contributed by atoms with van der Waals surface area (Å²) in [4.78, 5) is 2.41. The predicted molar refractivity (Wildman–Crippen MR) is 226 cm³/mol. The van der Waals surface area contributed by atoms with Gasteiger partial charge >= 0.3 is 0 Å². The maximum Gasteiger partial charge on any atom is 0.137 e. The number of nitrogens with zero attached hydrogens (tertiary/aromatic N) is 1. The van der Waals surface area contributed by atoms with Crippen molar-refractivity contribution in [3.8, 4) is 28.0 Å². The van der Waals surface area contributed by atoms with Crippen LogP contribution in [0.15, 0.2) is 180 Å². The first-order valence-corrected chi connectivity index (χ1v) is 18.8. The van der Waals surface area contributed by atoms with E-state index in [9.17, 15) is 5.11 Å². The molecule has 3 nitrogen and oxygen atoms in total. The standard InChI is InChI=1S/C49H37NO2S/c1-3-33(38-16-7-10-21-45(38)51)25-24-32(2)50(36-27-29-41-40-17-8-11-22-46(40)52-47(41)31-36)44-30-35(26-28-37(44)34-14-5-4-6-15-34)39-19-13-20-43-42-18-9-12-23-48(42)53-49(39)43/h3-32,51H,1-2H3/b25-24-,33-3+. The monoisotopic (exact) mass is 703 g/mol. The van der Waals surface area contributed by atoms with Crippen molar-refractivity contribution in [2.24, 2.45) is 0 Å². The van der Waals surface area contributed by atoms with E-state index in [1.54, 1.807) is 6.07 Å². The van der Waals surface area contributed by atoms with Gasteiger partial charge in [-0.05, 0) is 72.5 Å². The first-order valence-electron chi connectivity index (χ1n) is 18.0. The Bertz CT molecular complexity index is 2840. The van der Waals surface area contributed by atoms with E-state index in [0.29, 0.717) is 0 Å². The van der Waals surface area contributed by atoms with E-state index < -0.39 is 0 Å². The fraction of sp³-hybridized carbons (Fsp3) is 0.0612. The number of hydrogen-bond acceptors (Lipinski definition) is 4. The molecule has 7 aromatic carbocycles. The summed E-state index contributed by atoms with van der Waals surface area (Å²) in [7, 11) is 0. The van der Waals surface area contributed by atoms with Gasteiger partial charge in [-0.25, -0.2) is 0 Å². The molecule has 0 fully saturated rings. The van der Waals surface area contributed by atoms with Crippen molar-refractivity contribution >= 4 is 70.4 Å². The molecule has 53 heavy (non-hydrogen) atoms. The molecular weight excluding hydrogens is 667 g/mol. The molecule has 4 heteroatoms. The number of furan rings is 1. The minimum absolute atomic E-state index is 0.101. The third kappa shape index (κ3) is 5.87. The molecule has 0 saturated heterocycles. The number of hydrogen-bond donors (Lipinski definition) is 1. The molecule has 0 aliphatic rings. The summed E-state index contributed by atoms with van der Waals surface area (Å²) >= 11 is 1.85. The number of para-hydroxylation sites is 2. The number of allylic oxidation sites excluding steroid dienone is 3. The van der Waals surface area contributed by atoms with Gasteiger partial charge in [0.15, 0.2) is 0 Å². The number of fused-ring (bicyclic) bond motifs is 6. The average Bonchev–Trinajstić information content (AvgIpc) is 3.77. The Kier molecular flexibility index (Phi) is 8.38. The van der Waals surface area contributed by atoms with Crippen LogP contribution in [0.5, 0.6) is 5.75 Å². The molecule has 256 valence electrons. The molecule has 2 aromatic heterocycles. The van der Waals surface area contributed by atoms with Crippen LogP contribution in [0.2, 0.25) is 0 Å². The van der Waals surface area contributed by atoms with Crippen LogP contribution >= 0.6 is 11.3 Å². The highest BCUT2D eigenvalue weighted by Gasteiger charge is 2.22. The number of anilines is 2. The first-order chi connectivity index (χ1) is 26.1. The number of rotatable bonds is 8. The lowest BCUT2D eigenvalue weighted by atomic mass is 9.95.